The minimum absolute atomic E-state index is 0.0526. The fourth-order valence-corrected chi connectivity index (χ4v) is 2.68. The first-order valence-corrected chi connectivity index (χ1v) is 8.32. The summed E-state index contributed by atoms with van der Waals surface area (Å²) in [4.78, 5) is 24.3. The predicted octanol–water partition coefficient (Wildman–Crippen LogP) is 2.70. The Kier molecular flexibility index (Phi) is 7.00. The van der Waals surface area contributed by atoms with Crippen LogP contribution in [0.4, 0.5) is 18.9 Å². The average molecular weight is 396 g/mol. The molecule has 1 aliphatic rings. The van der Waals surface area contributed by atoms with Crippen molar-refractivity contribution in [2.45, 2.75) is 13.0 Å². The van der Waals surface area contributed by atoms with Crippen molar-refractivity contribution in [1.82, 2.24) is 0 Å². The summed E-state index contributed by atoms with van der Waals surface area (Å²) in [7, 11) is 1.50. The first-order valence-electron chi connectivity index (χ1n) is 8.32. The van der Waals surface area contributed by atoms with Crippen molar-refractivity contribution in [3.05, 3.63) is 59.4 Å². The molecule has 150 valence electrons. The molecule has 1 heterocycles. The average Bonchev–Trinajstić information content (AvgIpc) is 3.08. The molecule has 0 radical (unpaired) electrons. The summed E-state index contributed by atoms with van der Waals surface area (Å²) in [5.74, 6) is -5.06. The Labute approximate surface area is 159 Å². The Hall–Kier alpha value is -3.07. The van der Waals surface area contributed by atoms with E-state index in [1.807, 2.05) is 0 Å². The zero-order valence-electron chi connectivity index (χ0n) is 15.0. The van der Waals surface area contributed by atoms with Gasteiger partial charge in [-0.15, -0.1) is 0 Å². The molecule has 0 saturated carbocycles. The molecular formula is C19H19F3N2O4. The van der Waals surface area contributed by atoms with Crippen LogP contribution in [0, 0.1) is 23.4 Å². The van der Waals surface area contributed by atoms with Crippen molar-refractivity contribution < 1.29 is 32.6 Å². The van der Waals surface area contributed by atoms with E-state index >= 15 is 0 Å². The van der Waals surface area contributed by atoms with E-state index in [2.05, 4.69) is 5.73 Å². The monoisotopic (exact) mass is 396 g/mol. The number of hydrogen-bond acceptors (Lipinski definition) is 4. The van der Waals surface area contributed by atoms with Gasteiger partial charge < -0.3 is 20.5 Å². The summed E-state index contributed by atoms with van der Waals surface area (Å²) < 4.78 is 45.0. The largest absolute Gasteiger partial charge is 0.489 e. The molecule has 6 nitrogen and oxygen atoms in total. The zero-order chi connectivity index (χ0) is 20.8. The van der Waals surface area contributed by atoms with Crippen LogP contribution < -0.4 is 15.4 Å². The quantitative estimate of drug-likeness (QED) is 0.758. The molecule has 1 amide bonds. The SMILES string of the molecule is CN.O=C(O)C1CC(=O)N(c2ccc(OCc3cc(F)c(F)cc3F)cc2)C1. The highest BCUT2D eigenvalue weighted by Gasteiger charge is 2.34. The van der Waals surface area contributed by atoms with Gasteiger partial charge in [0.1, 0.15) is 18.2 Å². The molecule has 2 aromatic carbocycles. The Balaban J connectivity index is 0.00000136. The van der Waals surface area contributed by atoms with Gasteiger partial charge in [-0.2, -0.15) is 0 Å². The van der Waals surface area contributed by atoms with Gasteiger partial charge in [-0.25, -0.2) is 13.2 Å². The van der Waals surface area contributed by atoms with E-state index in [9.17, 15) is 22.8 Å². The van der Waals surface area contributed by atoms with E-state index in [0.29, 0.717) is 17.5 Å². The molecule has 28 heavy (non-hydrogen) atoms. The molecule has 9 heteroatoms. The van der Waals surface area contributed by atoms with E-state index in [1.54, 1.807) is 12.1 Å². The smallest absolute Gasteiger partial charge is 0.308 e. The molecular weight excluding hydrogens is 377 g/mol. The lowest BCUT2D eigenvalue weighted by Crippen LogP contribution is -2.25. The fourth-order valence-electron chi connectivity index (χ4n) is 2.68. The molecule has 3 N–H and O–H groups in total. The molecule has 2 aromatic rings. The second kappa shape index (κ2) is 9.23. The van der Waals surface area contributed by atoms with Crippen LogP contribution >= 0.6 is 0 Å². The Morgan fingerprint density at radius 2 is 1.75 bits per heavy atom. The second-order valence-corrected chi connectivity index (χ2v) is 5.88. The number of nitrogens with zero attached hydrogens (tertiary/aromatic N) is 1. The third-order valence-electron chi connectivity index (χ3n) is 4.11. The van der Waals surface area contributed by atoms with E-state index < -0.39 is 29.3 Å². The predicted molar refractivity (Wildman–Crippen MR) is 95.3 cm³/mol. The van der Waals surface area contributed by atoms with Crippen molar-refractivity contribution in [3.63, 3.8) is 0 Å². The van der Waals surface area contributed by atoms with Crippen LogP contribution in [-0.4, -0.2) is 30.6 Å². The van der Waals surface area contributed by atoms with Crippen molar-refractivity contribution in [1.29, 1.82) is 0 Å². The van der Waals surface area contributed by atoms with Crippen LogP contribution in [0.3, 0.4) is 0 Å². The van der Waals surface area contributed by atoms with Gasteiger partial charge in [-0.1, -0.05) is 0 Å². The molecule has 1 saturated heterocycles. The van der Waals surface area contributed by atoms with E-state index in [4.69, 9.17) is 9.84 Å². The third kappa shape index (κ3) is 4.80. The highest BCUT2D eigenvalue weighted by molar-refractivity contribution is 5.99. The number of halogens is 3. The van der Waals surface area contributed by atoms with E-state index in [0.717, 1.165) is 6.07 Å². The molecule has 1 fully saturated rings. The summed E-state index contributed by atoms with van der Waals surface area (Å²) in [6.07, 6.45) is -0.0526. The van der Waals surface area contributed by atoms with Gasteiger partial charge in [-0.05, 0) is 37.4 Å². The van der Waals surface area contributed by atoms with Gasteiger partial charge in [-0.3, -0.25) is 9.59 Å². The second-order valence-electron chi connectivity index (χ2n) is 5.88. The Bertz CT molecular complexity index is 859. The number of hydrogen-bond donors (Lipinski definition) is 2. The molecule has 0 aromatic heterocycles. The number of carboxylic acid groups (broad SMARTS) is 1. The van der Waals surface area contributed by atoms with Crippen LogP contribution in [0.5, 0.6) is 5.75 Å². The van der Waals surface area contributed by atoms with Crippen LogP contribution in [0.15, 0.2) is 36.4 Å². The molecule has 0 spiro atoms. The number of rotatable bonds is 5. The summed E-state index contributed by atoms with van der Waals surface area (Å²) in [5.41, 5.74) is 4.89. The Morgan fingerprint density at radius 1 is 1.14 bits per heavy atom. The standard InChI is InChI=1S/C18H14F3NO4.CH5N/c19-14-7-16(21)15(20)5-11(14)9-26-13-3-1-12(2-4-13)22-8-10(18(24)25)6-17(22)23;1-2/h1-5,7,10H,6,8-9H2,(H,24,25);2H2,1H3. The summed E-state index contributed by atoms with van der Waals surface area (Å²) in [5, 5.41) is 9.00. The van der Waals surface area contributed by atoms with Gasteiger partial charge >= 0.3 is 5.97 Å². The number of carbonyl (C=O) groups excluding carboxylic acids is 1. The van der Waals surface area contributed by atoms with E-state index in [-0.39, 0.29) is 31.0 Å². The fraction of sp³-hybridized carbons (Fsp3) is 0.263. The van der Waals surface area contributed by atoms with Crippen molar-refractivity contribution >= 4 is 17.6 Å². The maximum Gasteiger partial charge on any atom is 0.308 e. The molecule has 0 aliphatic carbocycles. The molecule has 1 unspecified atom stereocenters. The van der Waals surface area contributed by atoms with Crippen molar-refractivity contribution in [2.24, 2.45) is 11.7 Å². The third-order valence-corrected chi connectivity index (χ3v) is 4.11. The number of aliphatic carboxylic acids is 1. The lowest BCUT2D eigenvalue weighted by atomic mass is 10.1. The Morgan fingerprint density at radius 3 is 2.32 bits per heavy atom. The summed E-state index contributed by atoms with van der Waals surface area (Å²) in [6.45, 7) is -0.208. The van der Waals surface area contributed by atoms with Gasteiger partial charge in [0.15, 0.2) is 11.6 Å². The minimum Gasteiger partial charge on any atom is -0.489 e. The number of nitrogens with two attached hydrogens (primary N) is 1. The number of carboxylic acids is 1. The van der Waals surface area contributed by atoms with Crippen molar-refractivity contribution in [3.8, 4) is 5.75 Å². The highest BCUT2D eigenvalue weighted by Crippen LogP contribution is 2.27. The first-order chi connectivity index (χ1) is 13.3. The molecule has 1 atom stereocenters. The van der Waals surface area contributed by atoms with E-state index in [1.165, 1.54) is 24.1 Å². The number of benzene rings is 2. The van der Waals surface area contributed by atoms with Crippen LogP contribution in [-0.2, 0) is 16.2 Å². The highest BCUT2D eigenvalue weighted by atomic mass is 19.2. The summed E-state index contributed by atoms with van der Waals surface area (Å²) >= 11 is 0. The number of carbonyl (C=O) groups is 2. The molecule has 1 aliphatic heterocycles. The first kappa shape index (κ1) is 21.2. The molecule has 0 bridgehead atoms. The van der Waals surface area contributed by atoms with Gasteiger partial charge in [0.05, 0.1) is 5.92 Å². The lowest BCUT2D eigenvalue weighted by molar-refractivity contribution is -0.141. The summed E-state index contributed by atoms with van der Waals surface area (Å²) in [6, 6.07) is 7.37. The van der Waals surface area contributed by atoms with Gasteiger partial charge in [0.2, 0.25) is 5.91 Å². The van der Waals surface area contributed by atoms with Crippen LogP contribution in [0.2, 0.25) is 0 Å². The maximum atomic E-state index is 13.6. The maximum absolute atomic E-state index is 13.6. The lowest BCUT2D eigenvalue weighted by Gasteiger charge is -2.16. The minimum atomic E-state index is -1.27. The van der Waals surface area contributed by atoms with Crippen molar-refractivity contribution in [2.75, 3.05) is 18.5 Å². The number of ether oxygens (including phenoxy) is 1. The van der Waals surface area contributed by atoms with Gasteiger partial charge in [0.25, 0.3) is 0 Å². The van der Waals surface area contributed by atoms with Crippen LogP contribution in [0.25, 0.3) is 0 Å². The van der Waals surface area contributed by atoms with Gasteiger partial charge in [0, 0.05) is 30.3 Å². The number of amides is 1. The topological polar surface area (TPSA) is 92.9 Å². The number of anilines is 1. The molecule has 3 rings (SSSR count). The zero-order valence-corrected chi connectivity index (χ0v) is 15.0. The van der Waals surface area contributed by atoms with Crippen LogP contribution in [0.1, 0.15) is 12.0 Å². The normalized spacial score (nSPS) is 15.8.